The van der Waals surface area contributed by atoms with Crippen LogP contribution in [0.5, 0.6) is 5.75 Å². The summed E-state index contributed by atoms with van der Waals surface area (Å²) < 4.78 is 28.4. The number of halogens is 3. The first-order valence-corrected chi connectivity index (χ1v) is 5.27. The van der Waals surface area contributed by atoms with Crippen LogP contribution in [0.4, 0.5) is 14.5 Å². The summed E-state index contributed by atoms with van der Waals surface area (Å²) in [6.07, 6.45) is -0.219. The Hall–Kier alpha value is -1.76. The van der Waals surface area contributed by atoms with Crippen LogP contribution in [0.2, 0.25) is 0 Å². The highest BCUT2D eigenvalue weighted by Crippen LogP contribution is 2.27. The van der Waals surface area contributed by atoms with E-state index in [0.717, 1.165) is 12.1 Å². The molecule has 8 heteroatoms. The smallest absolute Gasteiger partial charge is 0.387 e. The quantitative estimate of drug-likeness (QED) is 0.456. The zero-order chi connectivity index (χ0) is 13.7. The van der Waals surface area contributed by atoms with Crippen molar-refractivity contribution in [2.45, 2.75) is 13.0 Å². The summed E-state index contributed by atoms with van der Waals surface area (Å²) in [5.74, 6) is -1.06. The van der Waals surface area contributed by atoms with Gasteiger partial charge in [-0.2, -0.15) is 8.78 Å². The summed E-state index contributed by atoms with van der Waals surface area (Å²) in [5, 5.41) is 10.5. The highest BCUT2D eigenvalue weighted by atomic mass is 35.5. The number of nitro groups is 1. The monoisotopic (exact) mass is 279 g/mol. The second-order valence-corrected chi connectivity index (χ2v) is 3.54. The molecule has 0 aliphatic rings. The summed E-state index contributed by atoms with van der Waals surface area (Å²) in [7, 11) is 0. The molecule has 98 valence electrons. The molecule has 0 amide bonds. The number of nitrogens with zero attached hydrogens (tertiary/aromatic N) is 1. The molecule has 0 spiro atoms. The van der Waals surface area contributed by atoms with Gasteiger partial charge >= 0.3 is 6.61 Å². The number of alkyl halides is 3. The van der Waals surface area contributed by atoms with Crippen LogP contribution in [-0.4, -0.2) is 23.2 Å². The first-order valence-electron chi connectivity index (χ1n) is 4.74. The lowest BCUT2D eigenvalue weighted by atomic mass is 10.1. The van der Waals surface area contributed by atoms with Crippen LogP contribution < -0.4 is 4.74 Å². The van der Waals surface area contributed by atoms with Gasteiger partial charge in [0, 0.05) is 18.1 Å². The molecule has 0 heterocycles. The number of hydrogen-bond donors (Lipinski definition) is 0. The zero-order valence-electron chi connectivity index (χ0n) is 8.94. The van der Waals surface area contributed by atoms with Crippen LogP contribution in [0.1, 0.15) is 5.56 Å². The standard InChI is InChI=1S/C10H8ClF2NO4/c11-5-8(15)3-6-1-2-7(14(16)17)4-9(6)18-10(12)13/h1-2,4,10H,3,5H2. The predicted molar refractivity (Wildman–Crippen MR) is 59.2 cm³/mol. The number of non-ortho nitro benzene ring substituents is 1. The number of hydrogen-bond acceptors (Lipinski definition) is 4. The Morgan fingerprint density at radius 2 is 2.17 bits per heavy atom. The molecular weight excluding hydrogens is 272 g/mol. The Morgan fingerprint density at radius 3 is 2.67 bits per heavy atom. The van der Waals surface area contributed by atoms with E-state index in [1.165, 1.54) is 6.07 Å². The minimum absolute atomic E-state index is 0.131. The summed E-state index contributed by atoms with van der Waals surface area (Å²) in [6.45, 7) is -3.13. The SMILES string of the molecule is O=C(CCl)Cc1ccc([N+](=O)[O-])cc1OC(F)F. The minimum atomic E-state index is -3.13. The number of nitro benzene ring substituents is 1. The summed E-state index contributed by atoms with van der Waals surface area (Å²) in [4.78, 5) is 20.9. The maximum absolute atomic E-state index is 12.1. The van der Waals surface area contributed by atoms with Crippen LogP contribution in [-0.2, 0) is 11.2 Å². The van der Waals surface area contributed by atoms with Crippen LogP contribution >= 0.6 is 11.6 Å². The van der Waals surface area contributed by atoms with Gasteiger partial charge in [-0.05, 0) is 6.07 Å². The topological polar surface area (TPSA) is 69.4 Å². The van der Waals surface area contributed by atoms with E-state index >= 15 is 0 Å². The third-order valence-electron chi connectivity index (χ3n) is 2.01. The van der Waals surface area contributed by atoms with Gasteiger partial charge in [0.25, 0.3) is 5.69 Å². The average Bonchev–Trinajstić information content (AvgIpc) is 2.30. The van der Waals surface area contributed by atoms with Gasteiger partial charge < -0.3 is 4.74 Å². The molecule has 5 nitrogen and oxygen atoms in total. The third kappa shape index (κ3) is 3.92. The molecule has 18 heavy (non-hydrogen) atoms. The van der Waals surface area contributed by atoms with E-state index in [0.29, 0.717) is 0 Å². The molecule has 0 bridgehead atoms. The van der Waals surface area contributed by atoms with Crippen molar-refractivity contribution in [3.8, 4) is 5.75 Å². The molecule has 1 aromatic carbocycles. The van der Waals surface area contributed by atoms with E-state index in [1.54, 1.807) is 0 Å². The Kier molecular flexibility index (Phi) is 4.96. The molecule has 0 saturated carbocycles. The Labute approximate surface area is 105 Å². The van der Waals surface area contributed by atoms with Crippen molar-refractivity contribution in [3.63, 3.8) is 0 Å². The second kappa shape index (κ2) is 6.25. The van der Waals surface area contributed by atoms with E-state index in [2.05, 4.69) is 4.74 Å². The van der Waals surface area contributed by atoms with Crippen LogP contribution in [0.3, 0.4) is 0 Å². The number of benzene rings is 1. The van der Waals surface area contributed by atoms with Gasteiger partial charge in [-0.15, -0.1) is 11.6 Å². The first kappa shape index (κ1) is 14.3. The number of ether oxygens (including phenoxy) is 1. The van der Waals surface area contributed by atoms with E-state index in [4.69, 9.17) is 11.6 Å². The molecule has 0 saturated heterocycles. The Balaban J connectivity index is 3.07. The van der Waals surface area contributed by atoms with Gasteiger partial charge in [0.2, 0.25) is 0 Å². The molecule has 0 fully saturated rings. The predicted octanol–water partition coefficient (Wildman–Crippen LogP) is 2.55. The summed E-state index contributed by atoms with van der Waals surface area (Å²) in [6, 6.07) is 3.15. The lowest BCUT2D eigenvalue weighted by Crippen LogP contribution is -2.09. The van der Waals surface area contributed by atoms with Crippen LogP contribution in [0.25, 0.3) is 0 Å². The molecule has 0 atom stereocenters. The van der Waals surface area contributed by atoms with Crippen LogP contribution in [0.15, 0.2) is 18.2 Å². The fourth-order valence-corrected chi connectivity index (χ4v) is 1.36. The third-order valence-corrected chi connectivity index (χ3v) is 2.31. The molecular formula is C10H8ClF2NO4. The van der Waals surface area contributed by atoms with Crippen molar-refractivity contribution in [2.75, 3.05) is 5.88 Å². The van der Waals surface area contributed by atoms with Crippen molar-refractivity contribution >= 4 is 23.1 Å². The van der Waals surface area contributed by atoms with E-state index in [-0.39, 0.29) is 17.9 Å². The maximum Gasteiger partial charge on any atom is 0.387 e. The molecule has 0 aliphatic heterocycles. The molecule has 1 aromatic rings. The Morgan fingerprint density at radius 1 is 1.50 bits per heavy atom. The van der Waals surface area contributed by atoms with Crippen molar-refractivity contribution in [1.82, 2.24) is 0 Å². The number of carbonyl (C=O) groups excluding carboxylic acids is 1. The number of rotatable bonds is 6. The van der Waals surface area contributed by atoms with Gasteiger partial charge in [-0.3, -0.25) is 14.9 Å². The first-order chi connectivity index (χ1) is 8.43. The molecule has 0 unspecified atom stereocenters. The molecule has 0 radical (unpaired) electrons. The second-order valence-electron chi connectivity index (χ2n) is 3.28. The van der Waals surface area contributed by atoms with Crippen LogP contribution in [0, 0.1) is 10.1 Å². The molecule has 0 aromatic heterocycles. The van der Waals surface area contributed by atoms with Gasteiger partial charge in [-0.1, -0.05) is 0 Å². The highest BCUT2D eigenvalue weighted by Gasteiger charge is 2.16. The number of ketones is 1. The fraction of sp³-hybridized carbons (Fsp3) is 0.300. The van der Waals surface area contributed by atoms with E-state index in [9.17, 15) is 23.7 Å². The Bertz CT molecular complexity index is 467. The van der Waals surface area contributed by atoms with E-state index < -0.39 is 28.8 Å². The van der Waals surface area contributed by atoms with Crippen molar-refractivity contribution in [3.05, 3.63) is 33.9 Å². The molecule has 0 aliphatic carbocycles. The normalized spacial score (nSPS) is 10.4. The summed E-state index contributed by atoms with van der Waals surface area (Å²) in [5.41, 5.74) is -0.265. The summed E-state index contributed by atoms with van der Waals surface area (Å²) >= 11 is 5.29. The van der Waals surface area contributed by atoms with Gasteiger partial charge in [0.05, 0.1) is 16.9 Å². The van der Waals surface area contributed by atoms with Gasteiger partial charge in [-0.25, -0.2) is 0 Å². The molecule has 0 N–H and O–H groups in total. The maximum atomic E-state index is 12.1. The van der Waals surface area contributed by atoms with Gasteiger partial charge in [0.1, 0.15) is 5.75 Å². The van der Waals surface area contributed by atoms with Crippen molar-refractivity contribution in [2.24, 2.45) is 0 Å². The van der Waals surface area contributed by atoms with E-state index in [1.807, 2.05) is 0 Å². The lowest BCUT2D eigenvalue weighted by Gasteiger charge is -2.09. The number of carbonyl (C=O) groups is 1. The lowest BCUT2D eigenvalue weighted by molar-refractivity contribution is -0.385. The molecule has 1 rings (SSSR count). The largest absolute Gasteiger partial charge is 0.434 e. The number of Topliss-reactive ketones (excluding diaryl/α,β-unsaturated/α-hetero) is 1. The van der Waals surface area contributed by atoms with Gasteiger partial charge in [0.15, 0.2) is 5.78 Å². The average molecular weight is 280 g/mol. The minimum Gasteiger partial charge on any atom is -0.434 e. The van der Waals surface area contributed by atoms with Crippen molar-refractivity contribution in [1.29, 1.82) is 0 Å². The zero-order valence-corrected chi connectivity index (χ0v) is 9.69. The highest BCUT2D eigenvalue weighted by molar-refractivity contribution is 6.27. The fourth-order valence-electron chi connectivity index (χ4n) is 1.27. The van der Waals surface area contributed by atoms with Crippen molar-refractivity contribution < 1.29 is 23.2 Å².